The summed E-state index contributed by atoms with van der Waals surface area (Å²) in [6, 6.07) is 6.81. The van der Waals surface area contributed by atoms with E-state index in [1.165, 1.54) is 20.2 Å². The summed E-state index contributed by atoms with van der Waals surface area (Å²) < 4.78 is 7.12. The van der Waals surface area contributed by atoms with Crippen molar-refractivity contribution in [3.05, 3.63) is 41.6 Å². The predicted molar refractivity (Wildman–Crippen MR) is 108 cm³/mol. The van der Waals surface area contributed by atoms with Crippen molar-refractivity contribution in [2.24, 2.45) is 0 Å². The number of hydrogen-bond donors (Lipinski definition) is 0. The second-order valence-electron chi connectivity index (χ2n) is 7.29. The molecule has 2 aliphatic heterocycles. The van der Waals surface area contributed by atoms with Gasteiger partial charge in [0.2, 0.25) is 5.91 Å². The number of imide groups is 2. The molecule has 1 aromatic carbocycles. The number of para-hydroxylation sites is 1. The maximum atomic E-state index is 12.7. The largest absolute Gasteiger partial charge is 0.378 e. The lowest BCUT2D eigenvalue weighted by Gasteiger charge is -2.28. The number of aromatic nitrogens is 1. The molecule has 0 radical (unpaired) electrons. The van der Waals surface area contributed by atoms with Gasteiger partial charge in [0.1, 0.15) is 12.1 Å². The van der Waals surface area contributed by atoms with Crippen LogP contribution in [-0.4, -0.2) is 83.4 Å². The highest BCUT2D eigenvalue weighted by Gasteiger charge is 2.38. The highest BCUT2D eigenvalue weighted by Crippen LogP contribution is 2.26. The van der Waals surface area contributed by atoms with Crippen molar-refractivity contribution in [3.8, 4) is 0 Å². The van der Waals surface area contributed by atoms with Crippen LogP contribution in [0.1, 0.15) is 5.56 Å². The molecule has 3 heterocycles. The number of nitrogens with zero attached hydrogens (tertiary/aromatic N) is 4. The minimum Gasteiger partial charge on any atom is -0.378 e. The number of ether oxygens (including phenoxy) is 1. The van der Waals surface area contributed by atoms with Crippen LogP contribution in [0.15, 0.2) is 36.0 Å². The van der Waals surface area contributed by atoms with Crippen molar-refractivity contribution in [2.45, 2.75) is 6.54 Å². The fraction of sp³-hybridized carbons (Fsp3) is 0.333. The smallest absolute Gasteiger partial charge is 0.333 e. The lowest BCUT2D eigenvalue weighted by atomic mass is 10.1. The van der Waals surface area contributed by atoms with Crippen LogP contribution in [0.4, 0.5) is 4.79 Å². The molecule has 0 saturated carbocycles. The number of carbonyl (C=O) groups is 4. The van der Waals surface area contributed by atoms with Crippen LogP contribution in [0.3, 0.4) is 0 Å². The summed E-state index contributed by atoms with van der Waals surface area (Å²) in [4.78, 5) is 53.3. The highest BCUT2D eigenvalue weighted by atomic mass is 16.5. The minimum atomic E-state index is -0.666. The number of barbiturate groups is 1. The molecule has 156 valence electrons. The van der Waals surface area contributed by atoms with Crippen molar-refractivity contribution in [2.75, 3.05) is 40.4 Å². The normalized spacial score (nSPS) is 17.9. The van der Waals surface area contributed by atoms with Gasteiger partial charge in [-0.05, 0) is 12.1 Å². The van der Waals surface area contributed by atoms with Gasteiger partial charge >= 0.3 is 6.03 Å². The summed E-state index contributed by atoms with van der Waals surface area (Å²) in [7, 11) is 2.68. The molecular formula is C21H22N4O5. The quantitative estimate of drug-likeness (QED) is 0.555. The maximum Gasteiger partial charge on any atom is 0.333 e. The third-order valence-corrected chi connectivity index (χ3v) is 5.43. The molecular weight excluding hydrogens is 388 g/mol. The van der Waals surface area contributed by atoms with Gasteiger partial charge in [-0.15, -0.1) is 0 Å². The average molecular weight is 410 g/mol. The Balaban J connectivity index is 1.71. The molecule has 0 aliphatic carbocycles. The van der Waals surface area contributed by atoms with E-state index in [4.69, 9.17) is 4.74 Å². The fourth-order valence-corrected chi connectivity index (χ4v) is 3.71. The number of amides is 5. The monoisotopic (exact) mass is 410 g/mol. The van der Waals surface area contributed by atoms with E-state index in [1.807, 2.05) is 28.8 Å². The number of morpholine rings is 1. The van der Waals surface area contributed by atoms with E-state index in [0.717, 1.165) is 20.7 Å². The predicted octanol–water partition coefficient (Wildman–Crippen LogP) is 0.934. The van der Waals surface area contributed by atoms with Crippen LogP contribution in [0.5, 0.6) is 0 Å². The second kappa shape index (κ2) is 7.75. The van der Waals surface area contributed by atoms with Gasteiger partial charge in [-0.2, -0.15) is 0 Å². The van der Waals surface area contributed by atoms with E-state index in [2.05, 4.69) is 0 Å². The third-order valence-electron chi connectivity index (χ3n) is 5.43. The van der Waals surface area contributed by atoms with Crippen LogP contribution in [0.25, 0.3) is 17.0 Å². The van der Waals surface area contributed by atoms with Gasteiger partial charge in [0, 0.05) is 49.8 Å². The topological polar surface area (TPSA) is 92.2 Å². The molecule has 0 unspecified atom stereocenters. The SMILES string of the molecule is CN1C(=O)C(=Cc2cn(CC(=O)N3CCOCC3)c3ccccc23)C(=O)N(C)C1=O. The van der Waals surface area contributed by atoms with Gasteiger partial charge in [-0.1, -0.05) is 18.2 Å². The Labute approximate surface area is 173 Å². The van der Waals surface area contributed by atoms with Gasteiger partial charge in [-0.3, -0.25) is 24.2 Å². The standard InChI is InChI=1S/C21H22N4O5/c1-22-19(27)16(20(28)23(2)21(22)29)11-14-12-25(17-6-4-3-5-15(14)17)13-18(26)24-7-9-30-10-8-24/h3-6,11-12H,7-10,13H2,1-2H3. The summed E-state index contributed by atoms with van der Waals surface area (Å²) in [5.41, 5.74) is 1.36. The number of hydrogen-bond acceptors (Lipinski definition) is 5. The van der Waals surface area contributed by atoms with Crippen molar-refractivity contribution >= 4 is 40.7 Å². The Bertz CT molecular complexity index is 1050. The van der Waals surface area contributed by atoms with Crippen LogP contribution in [0, 0.1) is 0 Å². The third kappa shape index (κ3) is 3.37. The molecule has 0 atom stereocenters. The van der Waals surface area contributed by atoms with Crippen LogP contribution in [0.2, 0.25) is 0 Å². The first-order valence-electron chi connectivity index (χ1n) is 9.63. The Hall–Kier alpha value is -3.46. The molecule has 4 rings (SSSR count). The number of carbonyl (C=O) groups excluding carboxylic acids is 4. The van der Waals surface area contributed by atoms with Gasteiger partial charge < -0.3 is 14.2 Å². The Morgan fingerprint density at radius 3 is 2.33 bits per heavy atom. The van der Waals surface area contributed by atoms with Crippen LogP contribution >= 0.6 is 0 Å². The van der Waals surface area contributed by atoms with E-state index in [-0.39, 0.29) is 18.0 Å². The second-order valence-corrected chi connectivity index (χ2v) is 7.29. The molecule has 2 aromatic rings. The van der Waals surface area contributed by atoms with E-state index >= 15 is 0 Å². The summed E-state index contributed by atoms with van der Waals surface area (Å²) in [5.74, 6) is -1.32. The Morgan fingerprint density at radius 2 is 1.67 bits per heavy atom. The van der Waals surface area contributed by atoms with Crippen LogP contribution < -0.4 is 0 Å². The summed E-state index contributed by atoms with van der Waals surface area (Å²) in [6.07, 6.45) is 3.25. The lowest BCUT2D eigenvalue weighted by Crippen LogP contribution is -2.52. The van der Waals surface area contributed by atoms with E-state index in [9.17, 15) is 19.2 Å². The van der Waals surface area contributed by atoms with Crippen molar-refractivity contribution in [3.63, 3.8) is 0 Å². The number of benzene rings is 1. The molecule has 2 fully saturated rings. The van der Waals surface area contributed by atoms with Gasteiger partial charge in [0.15, 0.2) is 0 Å². The zero-order chi connectivity index (χ0) is 21.4. The van der Waals surface area contributed by atoms with E-state index < -0.39 is 17.8 Å². The Morgan fingerprint density at radius 1 is 1.03 bits per heavy atom. The number of urea groups is 1. The fourth-order valence-electron chi connectivity index (χ4n) is 3.71. The van der Waals surface area contributed by atoms with Crippen molar-refractivity contribution in [1.82, 2.24) is 19.3 Å². The number of fused-ring (bicyclic) bond motifs is 1. The van der Waals surface area contributed by atoms with Gasteiger partial charge in [0.25, 0.3) is 11.8 Å². The van der Waals surface area contributed by atoms with Crippen LogP contribution in [-0.2, 0) is 25.7 Å². The maximum absolute atomic E-state index is 12.7. The lowest BCUT2D eigenvalue weighted by molar-refractivity contribution is -0.136. The number of rotatable bonds is 3. The van der Waals surface area contributed by atoms with E-state index in [0.29, 0.717) is 31.9 Å². The molecule has 30 heavy (non-hydrogen) atoms. The molecule has 9 heteroatoms. The zero-order valence-corrected chi connectivity index (χ0v) is 16.8. The molecule has 2 saturated heterocycles. The first-order chi connectivity index (χ1) is 14.4. The molecule has 0 N–H and O–H groups in total. The van der Waals surface area contributed by atoms with E-state index in [1.54, 1.807) is 11.1 Å². The summed E-state index contributed by atoms with van der Waals surface area (Å²) >= 11 is 0. The molecule has 5 amide bonds. The highest BCUT2D eigenvalue weighted by molar-refractivity contribution is 6.31. The zero-order valence-electron chi connectivity index (χ0n) is 16.8. The average Bonchev–Trinajstić information content (AvgIpc) is 3.12. The molecule has 9 nitrogen and oxygen atoms in total. The molecule has 1 aromatic heterocycles. The van der Waals surface area contributed by atoms with Crippen molar-refractivity contribution in [1.29, 1.82) is 0 Å². The summed E-state index contributed by atoms with van der Waals surface area (Å²) in [5, 5.41) is 0.808. The van der Waals surface area contributed by atoms with Crippen molar-refractivity contribution < 1.29 is 23.9 Å². The first-order valence-corrected chi connectivity index (χ1v) is 9.63. The van der Waals surface area contributed by atoms with Gasteiger partial charge in [-0.25, -0.2) is 4.79 Å². The summed E-state index contributed by atoms with van der Waals surface area (Å²) in [6.45, 7) is 2.32. The number of likely N-dealkylation sites (N-methyl/N-ethyl adjacent to an activating group) is 2. The molecule has 2 aliphatic rings. The first kappa shape index (κ1) is 19.8. The minimum absolute atomic E-state index is 0.0202. The Kier molecular flexibility index (Phi) is 5.13. The van der Waals surface area contributed by atoms with Gasteiger partial charge in [0.05, 0.1) is 13.2 Å². The molecule has 0 spiro atoms. The molecule has 0 bridgehead atoms.